The number of rotatable bonds is 6. The Hall–Kier alpha value is -1.07. The second-order valence-electron chi connectivity index (χ2n) is 4.87. The number of methoxy groups -OCH3 is 1. The molecule has 0 aliphatic carbocycles. The highest BCUT2D eigenvalue weighted by atomic mass is 32.2. The minimum Gasteiger partial charge on any atom is -0.465 e. The minimum atomic E-state index is -0.652. The Morgan fingerprint density at radius 1 is 1.47 bits per heavy atom. The molecule has 0 spiro atoms. The Kier molecular flexibility index (Phi) is 5.82. The second kappa shape index (κ2) is 6.91. The zero-order valence-corrected chi connectivity index (χ0v) is 12.6. The first kappa shape index (κ1) is 16.0. The van der Waals surface area contributed by atoms with Crippen molar-refractivity contribution in [3.63, 3.8) is 0 Å². The predicted octanol–water partition coefficient (Wildman–Crippen LogP) is 2.84. The summed E-state index contributed by atoms with van der Waals surface area (Å²) in [6, 6.07) is 4.55. The van der Waals surface area contributed by atoms with Crippen LogP contribution in [0.2, 0.25) is 0 Å². The van der Waals surface area contributed by atoms with Gasteiger partial charge in [0.1, 0.15) is 5.82 Å². The van der Waals surface area contributed by atoms with Crippen molar-refractivity contribution in [1.29, 1.82) is 0 Å². The number of hydrogen-bond acceptors (Lipinski definition) is 4. The summed E-state index contributed by atoms with van der Waals surface area (Å²) in [4.78, 5) is 11.2. The van der Waals surface area contributed by atoms with Crippen LogP contribution in [0.25, 0.3) is 0 Å². The van der Waals surface area contributed by atoms with E-state index in [2.05, 4.69) is 30.2 Å². The van der Waals surface area contributed by atoms with E-state index in [1.807, 2.05) is 0 Å². The van der Waals surface area contributed by atoms with Crippen LogP contribution in [0.1, 0.15) is 29.8 Å². The van der Waals surface area contributed by atoms with Crippen LogP contribution in [0.3, 0.4) is 0 Å². The molecule has 106 valence electrons. The van der Waals surface area contributed by atoms with E-state index in [4.69, 9.17) is 0 Å². The first-order valence-electron chi connectivity index (χ1n) is 6.02. The van der Waals surface area contributed by atoms with E-state index in [9.17, 15) is 9.18 Å². The Morgan fingerprint density at radius 3 is 2.68 bits per heavy atom. The SMILES string of the molecule is COC(=O)c1ccc(CNCC(C)(C)SC)cc1F. The third-order valence-corrected chi connectivity index (χ3v) is 4.12. The molecule has 1 aromatic carbocycles. The van der Waals surface area contributed by atoms with Crippen molar-refractivity contribution >= 4 is 17.7 Å². The standard InChI is InChI=1S/C14H20FNO2S/c1-14(2,19-4)9-16-8-10-5-6-11(12(15)7-10)13(17)18-3/h5-7,16H,8-9H2,1-4H3. The predicted molar refractivity (Wildman–Crippen MR) is 77.0 cm³/mol. The summed E-state index contributed by atoms with van der Waals surface area (Å²) in [6.07, 6.45) is 2.06. The lowest BCUT2D eigenvalue weighted by atomic mass is 10.1. The van der Waals surface area contributed by atoms with E-state index < -0.39 is 11.8 Å². The molecule has 0 bridgehead atoms. The number of carbonyl (C=O) groups excluding carboxylic acids is 1. The first-order chi connectivity index (χ1) is 8.89. The van der Waals surface area contributed by atoms with Gasteiger partial charge < -0.3 is 10.1 Å². The number of esters is 1. The Bertz CT molecular complexity index is 449. The second-order valence-corrected chi connectivity index (χ2v) is 6.39. The summed E-state index contributed by atoms with van der Waals surface area (Å²) < 4.78 is 18.3. The Labute approximate surface area is 117 Å². The number of carbonyl (C=O) groups is 1. The zero-order valence-electron chi connectivity index (χ0n) is 11.7. The summed E-state index contributed by atoms with van der Waals surface area (Å²) in [5.74, 6) is -1.20. The summed E-state index contributed by atoms with van der Waals surface area (Å²) in [5, 5.41) is 3.28. The van der Waals surface area contributed by atoms with Crippen molar-refractivity contribution in [2.45, 2.75) is 25.1 Å². The molecule has 0 fully saturated rings. The van der Waals surface area contributed by atoms with Gasteiger partial charge in [-0.1, -0.05) is 6.07 Å². The number of halogens is 1. The Morgan fingerprint density at radius 2 is 2.16 bits per heavy atom. The lowest BCUT2D eigenvalue weighted by Gasteiger charge is -2.22. The molecule has 1 aromatic rings. The molecule has 0 aliphatic heterocycles. The normalized spacial score (nSPS) is 11.4. The summed E-state index contributed by atoms with van der Waals surface area (Å²) in [6.45, 7) is 5.69. The number of benzene rings is 1. The molecule has 0 radical (unpaired) electrons. The lowest BCUT2D eigenvalue weighted by Crippen LogP contribution is -2.31. The fourth-order valence-corrected chi connectivity index (χ4v) is 1.77. The van der Waals surface area contributed by atoms with Crippen molar-refractivity contribution in [1.82, 2.24) is 5.32 Å². The molecule has 1 rings (SSSR count). The van der Waals surface area contributed by atoms with Gasteiger partial charge in [-0.3, -0.25) is 0 Å². The molecule has 0 heterocycles. The third-order valence-electron chi connectivity index (χ3n) is 2.87. The number of hydrogen-bond donors (Lipinski definition) is 1. The minimum absolute atomic E-state index is 0.0318. The van der Waals surface area contributed by atoms with E-state index in [0.717, 1.165) is 12.1 Å². The maximum Gasteiger partial charge on any atom is 0.340 e. The van der Waals surface area contributed by atoms with Crippen LogP contribution in [-0.2, 0) is 11.3 Å². The van der Waals surface area contributed by atoms with E-state index >= 15 is 0 Å². The molecular formula is C14H20FNO2S. The van der Waals surface area contributed by atoms with Crippen LogP contribution in [-0.4, -0.2) is 30.6 Å². The molecular weight excluding hydrogens is 265 g/mol. The van der Waals surface area contributed by atoms with Crippen molar-refractivity contribution in [2.24, 2.45) is 0 Å². The van der Waals surface area contributed by atoms with E-state index in [-0.39, 0.29) is 10.3 Å². The molecule has 5 heteroatoms. The monoisotopic (exact) mass is 285 g/mol. The van der Waals surface area contributed by atoms with Crippen LogP contribution in [0.4, 0.5) is 4.39 Å². The van der Waals surface area contributed by atoms with E-state index in [0.29, 0.717) is 6.54 Å². The van der Waals surface area contributed by atoms with Gasteiger partial charge in [0, 0.05) is 17.8 Å². The quantitative estimate of drug-likeness (QED) is 0.816. The largest absolute Gasteiger partial charge is 0.465 e. The zero-order chi connectivity index (χ0) is 14.5. The van der Waals surface area contributed by atoms with Crippen LogP contribution in [0, 0.1) is 5.82 Å². The van der Waals surface area contributed by atoms with Crippen LogP contribution in [0.15, 0.2) is 18.2 Å². The lowest BCUT2D eigenvalue weighted by molar-refractivity contribution is 0.0595. The van der Waals surface area contributed by atoms with Gasteiger partial charge in [-0.15, -0.1) is 0 Å². The molecule has 0 aliphatic rings. The highest BCUT2D eigenvalue weighted by Crippen LogP contribution is 2.19. The van der Waals surface area contributed by atoms with Gasteiger partial charge in [0.25, 0.3) is 0 Å². The fourth-order valence-electron chi connectivity index (χ4n) is 1.52. The molecule has 0 unspecified atom stereocenters. The first-order valence-corrected chi connectivity index (χ1v) is 7.24. The molecule has 0 amide bonds. The molecule has 0 aromatic heterocycles. The molecule has 19 heavy (non-hydrogen) atoms. The van der Waals surface area contributed by atoms with Crippen LogP contribution >= 0.6 is 11.8 Å². The van der Waals surface area contributed by atoms with Crippen LogP contribution < -0.4 is 5.32 Å². The molecule has 0 saturated carbocycles. The molecule has 0 saturated heterocycles. The van der Waals surface area contributed by atoms with Gasteiger partial charge in [0.05, 0.1) is 12.7 Å². The highest BCUT2D eigenvalue weighted by molar-refractivity contribution is 7.99. The van der Waals surface area contributed by atoms with Crippen molar-refractivity contribution in [2.75, 3.05) is 19.9 Å². The number of thioether (sulfide) groups is 1. The van der Waals surface area contributed by atoms with Gasteiger partial charge in [-0.25, -0.2) is 9.18 Å². The Balaban J connectivity index is 2.62. The number of ether oxygens (including phenoxy) is 1. The average Bonchev–Trinajstić information content (AvgIpc) is 2.38. The van der Waals surface area contributed by atoms with Gasteiger partial charge in [-0.2, -0.15) is 11.8 Å². The van der Waals surface area contributed by atoms with Gasteiger partial charge in [-0.05, 0) is 37.8 Å². The fraction of sp³-hybridized carbons (Fsp3) is 0.500. The molecule has 0 atom stereocenters. The maximum absolute atomic E-state index is 13.7. The van der Waals surface area contributed by atoms with Crippen molar-refractivity contribution in [3.05, 3.63) is 35.1 Å². The van der Waals surface area contributed by atoms with Crippen molar-refractivity contribution in [3.8, 4) is 0 Å². The summed E-state index contributed by atoms with van der Waals surface area (Å²) in [5.41, 5.74) is 0.776. The van der Waals surface area contributed by atoms with E-state index in [1.54, 1.807) is 17.8 Å². The molecule has 1 N–H and O–H groups in total. The maximum atomic E-state index is 13.7. The number of nitrogens with one attached hydrogen (secondary N) is 1. The van der Waals surface area contributed by atoms with E-state index in [1.165, 1.54) is 19.2 Å². The third kappa shape index (κ3) is 4.84. The van der Waals surface area contributed by atoms with Crippen molar-refractivity contribution < 1.29 is 13.9 Å². The van der Waals surface area contributed by atoms with Gasteiger partial charge >= 0.3 is 5.97 Å². The van der Waals surface area contributed by atoms with Crippen LogP contribution in [0.5, 0.6) is 0 Å². The molecule has 3 nitrogen and oxygen atoms in total. The highest BCUT2D eigenvalue weighted by Gasteiger charge is 2.15. The summed E-state index contributed by atoms with van der Waals surface area (Å²) >= 11 is 1.78. The topological polar surface area (TPSA) is 38.3 Å². The smallest absolute Gasteiger partial charge is 0.340 e. The van der Waals surface area contributed by atoms with Gasteiger partial charge in [0.2, 0.25) is 0 Å². The average molecular weight is 285 g/mol. The summed E-state index contributed by atoms with van der Waals surface area (Å²) in [7, 11) is 1.24. The van der Waals surface area contributed by atoms with Gasteiger partial charge in [0.15, 0.2) is 0 Å².